The highest BCUT2D eigenvalue weighted by Crippen LogP contribution is 2.32. The van der Waals surface area contributed by atoms with Crippen molar-refractivity contribution in [2.24, 2.45) is 0 Å². The maximum Gasteiger partial charge on any atom is 0.275 e. The van der Waals surface area contributed by atoms with Crippen molar-refractivity contribution in [3.05, 3.63) is 66.0 Å². The monoisotopic (exact) mass is 365 g/mol. The second-order valence-electron chi connectivity index (χ2n) is 6.02. The highest BCUT2D eigenvalue weighted by atomic mass is 16.7. The molecule has 1 N–H and O–H groups in total. The summed E-state index contributed by atoms with van der Waals surface area (Å²) in [5.41, 5.74) is 2.17. The minimum Gasteiger partial charge on any atom is -0.493 e. The molecule has 138 valence electrons. The molecule has 0 unspecified atom stereocenters. The van der Waals surface area contributed by atoms with Crippen LogP contribution in [0.25, 0.3) is 5.69 Å². The van der Waals surface area contributed by atoms with Crippen LogP contribution in [0.5, 0.6) is 17.2 Å². The first-order chi connectivity index (χ1) is 13.2. The van der Waals surface area contributed by atoms with Crippen LogP contribution in [0.15, 0.2) is 54.7 Å². The third kappa shape index (κ3) is 3.57. The van der Waals surface area contributed by atoms with Crippen molar-refractivity contribution in [2.45, 2.75) is 6.42 Å². The van der Waals surface area contributed by atoms with E-state index >= 15 is 0 Å². The van der Waals surface area contributed by atoms with Crippen LogP contribution in [0.1, 0.15) is 16.1 Å². The van der Waals surface area contributed by atoms with E-state index in [0.717, 1.165) is 22.7 Å². The van der Waals surface area contributed by atoms with Crippen LogP contribution >= 0.6 is 0 Å². The van der Waals surface area contributed by atoms with Gasteiger partial charge in [-0.1, -0.05) is 24.3 Å². The fraction of sp³-hybridized carbons (Fsp3) is 0.200. The summed E-state index contributed by atoms with van der Waals surface area (Å²) in [5, 5.41) is 7.26. The van der Waals surface area contributed by atoms with Crippen LogP contribution in [0.3, 0.4) is 0 Å². The lowest BCUT2D eigenvalue weighted by molar-refractivity contribution is 0.0945. The number of nitrogens with one attached hydrogen (secondary N) is 1. The summed E-state index contributed by atoms with van der Waals surface area (Å²) < 4.78 is 17.6. The van der Waals surface area contributed by atoms with E-state index in [0.29, 0.717) is 18.7 Å². The molecule has 7 nitrogen and oxygen atoms in total. The van der Waals surface area contributed by atoms with Gasteiger partial charge in [0.25, 0.3) is 5.91 Å². The molecule has 7 heteroatoms. The van der Waals surface area contributed by atoms with Crippen molar-refractivity contribution in [2.75, 3.05) is 20.4 Å². The quantitative estimate of drug-likeness (QED) is 0.727. The van der Waals surface area contributed by atoms with E-state index in [1.807, 2.05) is 48.5 Å². The summed E-state index contributed by atoms with van der Waals surface area (Å²) in [6.07, 6.45) is 2.37. The second kappa shape index (κ2) is 7.41. The molecule has 4 rings (SSSR count). The molecule has 1 aliphatic heterocycles. The van der Waals surface area contributed by atoms with Crippen LogP contribution in [0, 0.1) is 0 Å². The Bertz CT molecular complexity index is 953. The Balaban J connectivity index is 1.41. The number of benzene rings is 2. The largest absolute Gasteiger partial charge is 0.493 e. The molecular formula is C20H19N3O4. The SMILES string of the molecule is COc1cn(-c2ccccc2)nc1C(=O)NCCc1ccc2c(c1)OCO2. The van der Waals surface area contributed by atoms with E-state index in [1.54, 1.807) is 10.9 Å². The Morgan fingerprint density at radius 2 is 2.00 bits per heavy atom. The van der Waals surface area contributed by atoms with Gasteiger partial charge in [-0.05, 0) is 36.2 Å². The molecule has 1 amide bonds. The first-order valence-corrected chi connectivity index (χ1v) is 8.60. The molecule has 27 heavy (non-hydrogen) atoms. The average molecular weight is 365 g/mol. The summed E-state index contributed by atoms with van der Waals surface area (Å²) in [6, 6.07) is 15.3. The Labute approximate surface area is 156 Å². The third-order valence-corrected chi connectivity index (χ3v) is 4.27. The number of carbonyl (C=O) groups excluding carboxylic acids is 1. The lowest BCUT2D eigenvalue weighted by Gasteiger charge is -2.06. The molecule has 0 fully saturated rings. The molecule has 1 aliphatic rings. The van der Waals surface area contributed by atoms with Crippen molar-refractivity contribution >= 4 is 5.91 Å². The lowest BCUT2D eigenvalue weighted by atomic mass is 10.1. The van der Waals surface area contributed by atoms with Crippen LogP contribution in [0.4, 0.5) is 0 Å². The van der Waals surface area contributed by atoms with Crippen LogP contribution in [0.2, 0.25) is 0 Å². The van der Waals surface area contributed by atoms with E-state index in [-0.39, 0.29) is 18.4 Å². The van der Waals surface area contributed by atoms with Gasteiger partial charge in [0.1, 0.15) is 0 Å². The van der Waals surface area contributed by atoms with Gasteiger partial charge in [-0.3, -0.25) is 4.79 Å². The number of hydrogen-bond donors (Lipinski definition) is 1. The minimum absolute atomic E-state index is 0.249. The number of carbonyl (C=O) groups is 1. The molecule has 0 saturated carbocycles. The number of fused-ring (bicyclic) bond motifs is 1. The zero-order valence-corrected chi connectivity index (χ0v) is 14.8. The number of rotatable bonds is 6. The fourth-order valence-corrected chi connectivity index (χ4v) is 2.88. The van der Waals surface area contributed by atoms with Gasteiger partial charge in [0.2, 0.25) is 6.79 Å². The van der Waals surface area contributed by atoms with Gasteiger partial charge in [0, 0.05) is 6.54 Å². The zero-order chi connectivity index (χ0) is 18.6. The van der Waals surface area contributed by atoms with Gasteiger partial charge in [-0.15, -0.1) is 0 Å². The number of methoxy groups -OCH3 is 1. The lowest BCUT2D eigenvalue weighted by Crippen LogP contribution is -2.26. The normalized spacial score (nSPS) is 12.0. The van der Waals surface area contributed by atoms with E-state index in [1.165, 1.54) is 7.11 Å². The molecule has 0 radical (unpaired) electrons. The van der Waals surface area contributed by atoms with Crippen molar-refractivity contribution < 1.29 is 19.0 Å². The Hall–Kier alpha value is -3.48. The zero-order valence-electron chi connectivity index (χ0n) is 14.8. The van der Waals surface area contributed by atoms with Crippen LogP contribution in [-0.2, 0) is 6.42 Å². The number of nitrogens with zero attached hydrogens (tertiary/aromatic N) is 2. The summed E-state index contributed by atoms with van der Waals surface area (Å²) in [4.78, 5) is 12.5. The molecule has 0 aliphatic carbocycles. The molecule has 1 aromatic heterocycles. The van der Waals surface area contributed by atoms with Gasteiger partial charge >= 0.3 is 0 Å². The molecule has 0 saturated heterocycles. The van der Waals surface area contributed by atoms with E-state index < -0.39 is 0 Å². The van der Waals surface area contributed by atoms with E-state index in [2.05, 4.69) is 10.4 Å². The average Bonchev–Trinajstić information content (AvgIpc) is 3.35. The Morgan fingerprint density at radius 3 is 2.81 bits per heavy atom. The standard InChI is InChI=1S/C20H19N3O4/c1-25-18-12-23(15-5-3-2-4-6-15)22-19(18)20(24)21-10-9-14-7-8-16-17(11-14)27-13-26-16/h2-8,11-12H,9-10,13H2,1H3,(H,21,24). The van der Waals surface area contributed by atoms with E-state index in [9.17, 15) is 4.79 Å². The van der Waals surface area contributed by atoms with Gasteiger partial charge in [0.05, 0.1) is 19.0 Å². The van der Waals surface area contributed by atoms with Crippen LogP contribution in [-0.4, -0.2) is 36.1 Å². The fourth-order valence-electron chi connectivity index (χ4n) is 2.88. The predicted octanol–water partition coefficient (Wildman–Crippen LogP) is 2.58. The van der Waals surface area contributed by atoms with Gasteiger partial charge < -0.3 is 19.5 Å². The molecule has 2 heterocycles. The molecular weight excluding hydrogens is 346 g/mol. The maximum absolute atomic E-state index is 12.5. The number of aromatic nitrogens is 2. The third-order valence-electron chi connectivity index (χ3n) is 4.27. The van der Waals surface area contributed by atoms with Crippen molar-refractivity contribution in [3.8, 4) is 22.9 Å². The minimum atomic E-state index is -0.276. The first kappa shape index (κ1) is 17.0. The Kier molecular flexibility index (Phi) is 4.65. The van der Waals surface area contributed by atoms with Crippen LogP contribution < -0.4 is 19.5 Å². The molecule has 0 atom stereocenters. The molecule has 3 aromatic rings. The van der Waals surface area contributed by atoms with E-state index in [4.69, 9.17) is 14.2 Å². The van der Waals surface area contributed by atoms with Gasteiger partial charge in [-0.25, -0.2) is 4.68 Å². The highest BCUT2D eigenvalue weighted by molar-refractivity contribution is 5.94. The molecule has 0 bridgehead atoms. The second-order valence-corrected chi connectivity index (χ2v) is 6.02. The Morgan fingerprint density at radius 1 is 1.19 bits per heavy atom. The topological polar surface area (TPSA) is 74.6 Å². The summed E-state index contributed by atoms with van der Waals surface area (Å²) in [7, 11) is 1.52. The number of amides is 1. The van der Waals surface area contributed by atoms with Crippen molar-refractivity contribution in [1.29, 1.82) is 0 Å². The molecule has 0 spiro atoms. The number of ether oxygens (including phenoxy) is 3. The summed E-state index contributed by atoms with van der Waals surface area (Å²) in [6.45, 7) is 0.721. The smallest absolute Gasteiger partial charge is 0.275 e. The maximum atomic E-state index is 12.5. The van der Waals surface area contributed by atoms with Crippen molar-refractivity contribution in [3.63, 3.8) is 0 Å². The first-order valence-electron chi connectivity index (χ1n) is 8.60. The number of para-hydroxylation sites is 1. The molecule has 2 aromatic carbocycles. The van der Waals surface area contributed by atoms with Gasteiger partial charge in [0.15, 0.2) is 22.9 Å². The number of hydrogen-bond acceptors (Lipinski definition) is 5. The van der Waals surface area contributed by atoms with Crippen molar-refractivity contribution in [1.82, 2.24) is 15.1 Å². The van der Waals surface area contributed by atoms with Gasteiger partial charge in [-0.2, -0.15) is 5.10 Å². The highest BCUT2D eigenvalue weighted by Gasteiger charge is 2.18. The summed E-state index contributed by atoms with van der Waals surface area (Å²) >= 11 is 0. The predicted molar refractivity (Wildman–Crippen MR) is 98.7 cm³/mol. The summed E-state index contributed by atoms with van der Waals surface area (Å²) in [5.74, 6) is 1.64.